The largest absolute Gasteiger partial charge is 0.438 e. The first kappa shape index (κ1) is 24.9. The summed E-state index contributed by atoms with van der Waals surface area (Å²) >= 11 is 0. The molecule has 5 aromatic carbocycles. The SMILES string of the molecule is c1ccc(C2=NC(c3cc(-c4ccc(-c5ccccc5)cc4)cc4oc5ncccc5c34)=NC(c3ccccc3)N2)cc1. The van der Waals surface area contributed by atoms with Gasteiger partial charge < -0.3 is 9.73 Å². The van der Waals surface area contributed by atoms with Gasteiger partial charge in [-0.3, -0.25) is 0 Å². The van der Waals surface area contributed by atoms with Crippen molar-refractivity contribution < 1.29 is 4.42 Å². The topological polar surface area (TPSA) is 62.8 Å². The van der Waals surface area contributed by atoms with Crippen LogP contribution in [0.3, 0.4) is 0 Å². The molecule has 204 valence electrons. The highest BCUT2D eigenvalue weighted by Gasteiger charge is 2.24. The predicted molar refractivity (Wildman–Crippen MR) is 174 cm³/mol. The number of hydrogen-bond donors (Lipinski definition) is 1. The Morgan fingerprint density at radius 1 is 0.581 bits per heavy atom. The molecule has 1 atom stereocenters. The highest BCUT2D eigenvalue weighted by atomic mass is 16.3. The lowest BCUT2D eigenvalue weighted by atomic mass is 9.96. The normalized spacial score (nSPS) is 14.7. The first-order chi connectivity index (χ1) is 21.3. The zero-order valence-corrected chi connectivity index (χ0v) is 23.2. The first-order valence-corrected chi connectivity index (χ1v) is 14.3. The summed E-state index contributed by atoms with van der Waals surface area (Å²) in [5.74, 6) is 1.42. The molecular weight excluding hydrogens is 528 g/mol. The summed E-state index contributed by atoms with van der Waals surface area (Å²) in [6.45, 7) is 0. The molecule has 1 aliphatic rings. The Balaban J connectivity index is 1.33. The number of furan rings is 1. The molecule has 0 aliphatic carbocycles. The van der Waals surface area contributed by atoms with E-state index < -0.39 is 0 Å². The molecule has 7 aromatic rings. The third-order valence-electron chi connectivity index (χ3n) is 7.82. The van der Waals surface area contributed by atoms with Crippen molar-refractivity contribution in [1.29, 1.82) is 0 Å². The molecule has 0 saturated heterocycles. The van der Waals surface area contributed by atoms with Crippen molar-refractivity contribution in [2.24, 2.45) is 9.98 Å². The summed E-state index contributed by atoms with van der Waals surface area (Å²) in [5, 5.41) is 5.45. The van der Waals surface area contributed by atoms with Crippen LogP contribution in [0.15, 0.2) is 160 Å². The van der Waals surface area contributed by atoms with Crippen molar-refractivity contribution >= 4 is 33.7 Å². The number of nitrogens with zero attached hydrogens (tertiary/aromatic N) is 3. The Bertz CT molecular complexity index is 2130. The van der Waals surface area contributed by atoms with E-state index in [0.29, 0.717) is 11.5 Å². The minimum atomic E-state index is -0.302. The Hall–Kier alpha value is -5.81. The second-order valence-electron chi connectivity index (χ2n) is 10.5. The fourth-order valence-electron chi connectivity index (χ4n) is 5.69. The van der Waals surface area contributed by atoms with Gasteiger partial charge in [-0.15, -0.1) is 0 Å². The highest BCUT2D eigenvalue weighted by Crippen LogP contribution is 2.36. The van der Waals surface area contributed by atoms with Crippen LogP contribution in [0, 0.1) is 0 Å². The molecule has 5 heteroatoms. The molecule has 8 rings (SSSR count). The second-order valence-corrected chi connectivity index (χ2v) is 10.5. The van der Waals surface area contributed by atoms with Crippen LogP contribution in [0.25, 0.3) is 44.3 Å². The summed E-state index contributed by atoms with van der Waals surface area (Å²) in [7, 11) is 0. The van der Waals surface area contributed by atoms with Gasteiger partial charge in [0.2, 0.25) is 5.71 Å². The predicted octanol–water partition coefficient (Wildman–Crippen LogP) is 8.81. The van der Waals surface area contributed by atoms with Crippen molar-refractivity contribution in [2.45, 2.75) is 6.17 Å². The lowest BCUT2D eigenvalue weighted by Crippen LogP contribution is -2.33. The van der Waals surface area contributed by atoms with Crippen LogP contribution in [0.2, 0.25) is 0 Å². The smallest absolute Gasteiger partial charge is 0.227 e. The minimum absolute atomic E-state index is 0.302. The quantitative estimate of drug-likeness (QED) is 0.231. The Morgan fingerprint density at radius 2 is 1.21 bits per heavy atom. The zero-order chi connectivity index (χ0) is 28.6. The van der Waals surface area contributed by atoms with Crippen LogP contribution in [-0.4, -0.2) is 16.7 Å². The molecule has 0 spiro atoms. The first-order valence-electron chi connectivity index (χ1n) is 14.3. The van der Waals surface area contributed by atoms with Gasteiger partial charge in [0.05, 0.1) is 0 Å². The molecule has 0 radical (unpaired) electrons. The second kappa shape index (κ2) is 10.5. The molecule has 1 aliphatic heterocycles. The third-order valence-corrected chi connectivity index (χ3v) is 7.82. The maximum atomic E-state index is 6.33. The molecule has 5 nitrogen and oxygen atoms in total. The number of fused-ring (bicyclic) bond motifs is 3. The van der Waals surface area contributed by atoms with Crippen LogP contribution >= 0.6 is 0 Å². The molecule has 1 N–H and O–H groups in total. The monoisotopic (exact) mass is 554 g/mol. The van der Waals surface area contributed by atoms with Gasteiger partial charge in [-0.1, -0.05) is 115 Å². The Labute approximate surface area is 248 Å². The fourth-order valence-corrected chi connectivity index (χ4v) is 5.69. The van der Waals surface area contributed by atoms with Gasteiger partial charge in [-0.05, 0) is 52.1 Å². The lowest BCUT2D eigenvalue weighted by molar-refractivity contribution is 0.654. The van der Waals surface area contributed by atoms with E-state index in [1.165, 1.54) is 11.1 Å². The molecule has 0 saturated carbocycles. The summed E-state index contributed by atoms with van der Waals surface area (Å²) in [5.41, 5.74) is 8.77. The van der Waals surface area contributed by atoms with Crippen LogP contribution in [0.5, 0.6) is 0 Å². The van der Waals surface area contributed by atoms with Gasteiger partial charge in [0, 0.05) is 28.1 Å². The van der Waals surface area contributed by atoms with E-state index in [1.54, 1.807) is 6.20 Å². The number of hydrogen-bond acceptors (Lipinski definition) is 5. The minimum Gasteiger partial charge on any atom is -0.438 e. The van der Waals surface area contributed by atoms with Gasteiger partial charge >= 0.3 is 0 Å². The van der Waals surface area contributed by atoms with Crippen molar-refractivity contribution in [3.63, 3.8) is 0 Å². The average molecular weight is 555 g/mol. The maximum absolute atomic E-state index is 6.33. The van der Waals surface area contributed by atoms with Crippen LogP contribution < -0.4 is 5.32 Å². The van der Waals surface area contributed by atoms with Gasteiger partial charge in [0.15, 0.2) is 5.84 Å². The molecule has 0 bridgehead atoms. The van der Waals surface area contributed by atoms with E-state index >= 15 is 0 Å². The van der Waals surface area contributed by atoms with Gasteiger partial charge in [-0.2, -0.15) is 0 Å². The van der Waals surface area contributed by atoms with E-state index in [2.05, 4.69) is 95.2 Å². The Morgan fingerprint density at radius 3 is 1.93 bits per heavy atom. The number of benzene rings is 5. The van der Waals surface area contributed by atoms with E-state index in [4.69, 9.17) is 14.4 Å². The highest BCUT2D eigenvalue weighted by molar-refractivity contribution is 6.22. The standard InChI is InChI=1S/C38H26N4O/c1-4-11-25(12-5-1)26-18-20-27(21-19-26)30-23-32(34-31-17-10-22-39-38(31)43-33(34)24-30)37-41-35(28-13-6-2-7-14-28)40-36(42-37)29-15-8-3-9-16-29/h1-24,35H,(H,40,41,42). The maximum Gasteiger partial charge on any atom is 0.227 e. The van der Waals surface area contributed by atoms with Crippen molar-refractivity contribution in [3.8, 4) is 22.3 Å². The summed E-state index contributed by atoms with van der Waals surface area (Å²) < 4.78 is 6.33. The number of amidine groups is 2. The molecule has 0 amide bonds. The van der Waals surface area contributed by atoms with Crippen LogP contribution in [-0.2, 0) is 0 Å². The number of pyridine rings is 1. The third kappa shape index (κ3) is 4.67. The molecule has 3 heterocycles. The molecule has 43 heavy (non-hydrogen) atoms. The molecule has 0 fully saturated rings. The molecule has 1 unspecified atom stereocenters. The van der Waals surface area contributed by atoms with Gasteiger partial charge in [-0.25, -0.2) is 15.0 Å². The summed E-state index contributed by atoms with van der Waals surface area (Å²) in [4.78, 5) is 14.8. The van der Waals surface area contributed by atoms with Crippen molar-refractivity contribution in [1.82, 2.24) is 10.3 Å². The lowest BCUT2D eigenvalue weighted by Gasteiger charge is -2.24. The molecule has 2 aromatic heterocycles. The van der Waals surface area contributed by atoms with E-state index in [9.17, 15) is 0 Å². The number of nitrogens with one attached hydrogen (secondary N) is 1. The fraction of sp³-hybridized carbons (Fsp3) is 0.0263. The average Bonchev–Trinajstić information content (AvgIpc) is 3.47. The zero-order valence-electron chi connectivity index (χ0n) is 23.2. The van der Waals surface area contributed by atoms with E-state index in [-0.39, 0.29) is 6.17 Å². The van der Waals surface area contributed by atoms with Crippen molar-refractivity contribution in [3.05, 3.63) is 162 Å². The molecular formula is C38H26N4O. The number of rotatable bonds is 5. The number of aromatic nitrogens is 1. The Kier molecular flexibility index (Phi) is 6.12. The van der Waals surface area contributed by atoms with Gasteiger partial charge in [0.25, 0.3) is 0 Å². The summed E-state index contributed by atoms with van der Waals surface area (Å²) in [6, 6.07) is 47.8. The van der Waals surface area contributed by atoms with E-state index in [0.717, 1.165) is 50.0 Å². The van der Waals surface area contributed by atoms with Crippen molar-refractivity contribution in [2.75, 3.05) is 0 Å². The van der Waals surface area contributed by atoms with E-state index in [1.807, 2.05) is 54.6 Å². The number of aliphatic imine (C=N–C) groups is 2. The summed E-state index contributed by atoms with van der Waals surface area (Å²) in [6.07, 6.45) is 1.45. The van der Waals surface area contributed by atoms with Gasteiger partial charge in [0.1, 0.15) is 17.6 Å². The van der Waals surface area contributed by atoms with Crippen LogP contribution in [0.4, 0.5) is 0 Å². The van der Waals surface area contributed by atoms with Crippen LogP contribution in [0.1, 0.15) is 22.9 Å².